The van der Waals surface area contributed by atoms with Crippen LogP contribution in [0, 0.1) is 0 Å². The molecule has 3 rings (SSSR count). The summed E-state index contributed by atoms with van der Waals surface area (Å²) in [5.41, 5.74) is -0.383. The zero-order valence-corrected chi connectivity index (χ0v) is 24.8. The van der Waals surface area contributed by atoms with Crippen molar-refractivity contribution >= 4 is 65.6 Å². The van der Waals surface area contributed by atoms with E-state index in [4.69, 9.17) is 11.6 Å². The van der Waals surface area contributed by atoms with Crippen LogP contribution >= 0.6 is 11.6 Å². The number of alkyl halides is 1. The molecule has 1 amide bonds. The summed E-state index contributed by atoms with van der Waals surface area (Å²) in [5.74, 6) is -1.15. The van der Waals surface area contributed by atoms with Crippen LogP contribution in [0.1, 0.15) is 6.42 Å². The average Bonchev–Trinajstić information content (AvgIpc) is 2.72. The van der Waals surface area contributed by atoms with Gasteiger partial charge in [-0.2, -0.15) is 13.5 Å². The zero-order chi connectivity index (χ0) is 24.4. The van der Waals surface area contributed by atoms with Crippen LogP contribution in [0.2, 0.25) is 0 Å². The molecule has 35 heavy (non-hydrogen) atoms. The summed E-state index contributed by atoms with van der Waals surface area (Å²) >= 11 is 5.51. The summed E-state index contributed by atoms with van der Waals surface area (Å²) in [7, 11) is -9.58. The van der Waals surface area contributed by atoms with Gasteiger partial charge in [-0.25, -0.2) is 8.42 Å². The van der Waals surface area contributed by atoms with Crippen molar-refractivity contribution < 1.29 is 95.0 Å². The number of amides is 1. The van der Waals surface area contributed by atoms with Gasteiger partial charge in [-0.05, 0) is 53.2 Å². The van der Waals surface area contributed by atoms with E-state index in [9.17, 15) is 35.8 Å². The van der Waals surface area contributed by atoms with Crippen molar-refractivity contribution in [1.82, 2.24) is 0 Å². The predicted molar refractivity (Wildman–Crippen MR) is 116 cm³/mol. The van der Waals surface area contributed by atoms with Crippen molar-refractivity contribution in [1.29, 1.82) is 0 Å². The number of benzene rings is 3. The number of nitrogens with zero attached hydrogens (tertiary/aromatic N) is 2. The molecule has 3 aromatic rings. The molecule has 0 fully saturated rings. The van der Waals surface area contributed by atoms with Gasteiger partial charge in [-0.3, -0.25) is 9.35 Å². The molecule has 0 atom stereocenters. The molecule has 0 heterocycles. The van der Waals surface area contributed by atoms with Gasteiger partial charge in [-0.1, -0.05) is 11.8 Å². The zero-order valence-electron chi connectivity index (χ0n) is 18.4. The second kappa shape index (κ2) is 12.9. The van der Waals surface area contributed by atoms with Crippen LogP contribution in [-0.2, 0) is 25.0 Å². The molecule has 0 spiro atoms. The van der Waals surface area contributed by atoms with Crippen LogP contribution in [-0.4, -0.2) is 37.7 Å². The Morgan fingerprint density at radius 1 is 1.00 bits per heavy atom. The van der Waals surface area contributed by atoms with Crippen LogP contribution in [0.15, 0.2) is 68.6 Å². The Balaban J connectivity index is 0.00000306. The molecule has 0 radical (unpaired) electrons. The molecule has 174 valence electrons. The van der Waals surface area contributed by atoms with Crippen molar-refractivity contribution in [2.24, 2.45) is 10.2 Å². The first-order chi connectivity index (χ1) is 15.4. The van der Waals surface area contributed by atoms with Crippen molar-refractivity contribution in [2.45, 2.75) is 16.2 Å². The molecular weight excluding hydrogens is 544 g/mol. The van der Waals surface area contributed by atoms with E-state index >= 15 is 0 Å². The second-order valence-corrected chi connectivity index (χ2v) is 9.75. The van der Waals surface area contributed by atoms with Gasteiger partial charge in [0, 0.05) is 18.0 Å². The summed E-state index contributed by atoms with van der Waals surface area (Å²) in [5, 5.41) is 22.9. The van der Waals surface area contributed by atoms with Gasteiger partial charge < -0.3 is 15.0 Å². The molecule has 0 aliphatic heterocycles. The molecule has 11 nitrogen and oxygen atoms in total. The van der Waals surface area contributed by atoms with E-state index in [0.29, 0.717) is 0 Å². The van der Waals surface area contributed by atoms with E-state index in [-0.39, 0.29) is 99.5 Å². The van der Waals surface area contributed by atoms with Crippen LogP contribution in [0.25, 0.3) is 10.8 Å². The summed E-state index contributed by atoms with van der Waals surface area (Å²) in [6.07, 6.45) is 0.0454. The predicted octanol–water partition coefficient (Wildman–Crippen LogP) is -2.94. The smallest absolute Gasteiger partial charge is 0.871 e. The fourth-order valence-electron chi connectivity index (χ4n) is 2.80. The molecule has 16 heteroatoms. The molecule has 0 unspecified atom stereocenters. The number of anilines is 1. The number of rotatable bonds is 7. The van der Waals surface area contributed by atoms with Crippen molar-refractivity contribution in [3.05, 3.63) is 48.5 Å². The molecular formula is C19H14ClN3Na2O8S2. The molecule has 0 saturated heterocycles. The fourth-order valence-corrected chi connectivity index (χ4v) is 4.10. The topological polar surface area (TPSA) is 188 Å². The number of fused-ring (bicyclic) bond motifs is 1. The number of carbonyl (C=O) groups is 1. The molecule has 3 aromatic carbocycles. The van der Waals surface area contributed by atoms with Gasteiger partial charge in [0.15, 0.2) is 0 Å². The first kappa shape index (κ1) is 31.9. The van der Waals surface area contributed by atoms with Crippen LogP contribution in [0.3, 0.4) is 0 Å². The third-order valence-corrected chi connectivity index (χ3v) is 6.21. The molecule has 0 saturated carbocycles. The number of hydrogen-bond acceptors (Lipinski definition) is 9. The Morgan fingerprint density at radius 3 is 2.17 bits per heavy atom. The maximum Gasteiger partial charge on any atom is 1.00 e. The van der Waals surface area contributed by atoms with Crippen molar-refractivity contribution in [3.8, 4) is 5.75 Å². The number of hydrogen-bond donors (Lipinski definition) is 2. The van der Waals surface area contributed by atoms with E-state index < -0.39 is 41.5 Å². The Bertz CT molecular complexity index is 1480. The fraction of sp³-hybridized carbons (Fsp3) is 0.105. The van der Waals surface area contributed by atoms with Gasteiger partial charge in [0.1, 0.15) is 15.0 Å². The number of azo groups is 1. The van der Waals surface area contributed by atoms with Gasteiger partial charge in [0.25, 0.3) is 10.1 Å². The molecule has 0 aromatic heterocycles. The van der Waals surface area contributed by atoms with E-state index in [1.165, 1.54) is 18.2 Å². The Morgan fingerprint density at radius 2 is 1.63 bits per heavy atom. The van der Waals surface area contributed by atoms with Crippen LogP contribution in [0.5, 0.6) is 5.75 Å². The first-order valence-electron chi connectivity index (χ1n) is 8.99. The van der Waals surface area contributed by atoms with E-state index in [1.807, 2.05) is 0 Å². The van der Waals surface area contributed by atoms with Gasteiger partial charge >= 0.3 is 59.1 Å². The normalized spacial score (nSPS) is 11.6. The number of nitrogens with one attached hydrogen (secondary N) is 1. The standard InChI is InChI=1S/C19H16ClN3O8S2.2Na/c20-8-7-17(24)21-13-3-6-15-11(9-13)10-16(33(29,30)31)18(19(15)25)23-22-12-1-4-14(5-2-12)32(26,27)28;;/h1-6,9-10,25H,7-8H2,(H,21,24)(H,26,27,28)(H,29,30,31);;/q;2*+1/p-2. The summed E-state index contributed by atoms with van der Waals surface area (Å²) in [6, 6.07) is 9.31. The third-order valence-electron chi connectivity index (χ3n) is 4.31. The molecule has 0 bridgehead atoms. The minimum atomic E-state index is -4.90. The first-order valence-corrected chi connectivity index (χ1v) is 12.4. The van der Waals surface area contributed by atoms with Gasteiger partial charge in [0.05, 0.1) is 16.3 Å². The Labute approximate surface area is 250 Å². The van der Waals surface area contributed by atoms with Gasteiger partial charge in [0.2, 0.25) is 5.91 Å². The third kappa shape index (κ3) is 8.20. The largest absolute Gasteiger partial charge is 1.00 e. The molecule has 0 aliphatic rings. The van der Waals surface area contributed by atoms with Crippen molar-refractivity contribution in [2.75, 3.05) is 11.2 Å². The minimum Gasteiger partial charge on any atom is -0.871 e. The molecule has 0 aliphatic carbocycles. The maximum absolute atomic E-state index is 12.9. The Hall–Kier alpha value is -1.10. The van der Waals surface area contributed by atoms with Gasteiger partial charge in [-0.15, -0.1) is 16.7 Å². The van der Waals surface area contributed by atoms with Crippen LogP contribution in [0.4, 0.5) is 17.1 Å². The molecule has 2 N–H and O–H groups in total. The summed E-state index contributed by atoms with van der Waals surface area (Å²) < 4.78 is 66.4. The minimum absolute atomic E-state index is 0. The summed E-state index contributed by atoms with van der Waals surface area (Å²) in [6.45, 7) is 0. The van der Waals surface area contributed by atoms with Crippen LogP contribution < -0.4 is 69.5 Å². The van der Waals surface area contributed by atoms with E-state index in [1.54, 1.807) is 0 Å². The van der Waals surface area contributed by atoms with E-state index in [2.05, 4.69) is 15.5 Å². The Kier molecular flexibility index (Phi) is 11.8. The number of carbonyl (C=O) groups excluding carboxylic acids is 1. The maximum atomic E-state index is 12.9. The monoisotopic (exact) mass is 557 g/mol. The van der Waals surface area contributed by atoms with Crippen molar-refractivity contribution in [3.63, 3.8) is 0 Å². The summed E-state index contributed by atoms with van der Waals surface area (Å²) in [4.78, 5) is 10.4. The second-order valence-electron chi connectivity index (χ2n) is 6.60. The SMILES string of the molecule is O=C(CCCl)Nc1ccc2c([O-])c(N=Nc3ccc(S(=O)(=O)[O-])cc3)c(S(=O)(=O)O)cc2c1.[Na+].[Na+]. The average molecular weight is 558 g/mol. The number of halogens is 1. The quantitative estimate of drug-likeness (QED) is 0.133. The van der Waals surface area contributed by atoms with E-state index in [0.717, 1.165) is 30.3 Å².